The molecule has 130 valence electrons. The third-order valence-electron chi connectivity index (χ3n) is 3.92. The molecule has 0 aliphatic heterocycles. The fourth-order valence-corrected chi connectivity index (χ4v) is 3.66. The van der Waals surface area contributed by atoms with E-state index in [4.69, 9.17) is 11.6 Å². The van der Waals surface area contributed by atoms with Crippen molar-refractivity contribution in [1.82, 2.24) is 9.88 Å². The highest BCUT2D eigenvalue weighted by Gasteiger charge is 2.19. The first-order valence-corrected chi connectivity index (χ1v) is 8.94. The topological polar surface area (TPSA) is 45.2 Å². The lowest BCUT2D eigenvalue weighted by atomic mass is 10.3. The number of aromatic nitrogens is 1. The quantitative estimate of drug-likeness (QED) is 0.699. The molecule has 0 saturated heterocycles. The molecule has 1 atom stereocenters. The van der Waals surface area contributed by atoms with E-state index in [9.17, 15) is 9.18 Å². The molecule has 7 heteroatoms. The number of amides is 1. The van der Waals surface area contributed by atoms with Gasteiger partial charge in [0.05, 0.1) is 28.5 Å². The molecule has 0 fully saturated rings. The van der Waals surface area contributed by atoms with Crippen molar-refractivity contribution in [3.8, 4) is 0 Å². The predicted molar refractivity (Wildman–Crippen MR) is 101 cm³/mol. The van der Waals surface area contributed by atoms with E-state index in [-0.39, 0.29) is 24.2 Å². The first-order chi connectivity index (χ1) is 11.9. The number of likely N-dealkylation sites (N-methyl/N-ethyl adjacent to an activating group) is 1. The van der Waals surface area contributed by atoms with E-state index in [0.717, 1.165) is 15.2 Å². The highest BCUT2D eigenvalue weighted by atomic mass is 35.5. The van der Waals surface area contributed by atoms with Crippen molar-refractivity contribution in [2.75, 3.05) is 18.9 Å². The summed E-state index contributed by atoms with van der Waals surface area (Å²) in [6, 6.07) is 11.9. The van der Waals surface area contributed by atoms with Crippen molar-refractivity contribution in [3.63, 3.8) is 0 Å². The van der Waals surface area contributed by atoms with E-state index < -0.39 is 5.82 Å². The van der Waals surface area contributed by atoms with E-state index in [1.54, 1.807) is 11.3 Å². The standard InChI is InChI=1S/C18H17ClFN3OS/c1-11(18-22-14-5-3-4-6-16(14)25-18)23(2)10-17(24)21-15-9-12(19)7-8-13(15)20/h3-9,11H,10H2,1-2H3,(H,21,24)/t11-/m0/s1. The number of nitrogens with zero attached hydrogens (tertiary/aromatic N) is 2. The van der Waals surface area contributed by atoms with Gasteiger partial charge in [-0.2, -0.15) is 0 Å². The van der Waals surface area contributed by atoms with Crippen LogP contribution in [0.25, 0.3) is 10.2 Å². The third kappa shape index (κ3) is 4.15. The predicted octanol–water partition coefficient (Wildman–Crippen LogP) is 4.72. The molecular formula is C18H17ClFN3OS. The molecule has 1 heterocycles. The highest BCUT2D eigenvalue weighted by molar-refractivity contribution is 7.18. The first-order valence-electron chi connectivity index (χ1n) is 7.74. The summed E-state index contributed by atoms with van der Waals surface area (Å²) in [4.78, 5) is 18.7. The van der Waals surface area contributed by atoms with Crippen LogP contribution in [0.15, 0.2) is 42.5 Å². The summed E-state index contributed by atoms with van der Waals surface area (Å²) in [6.45, 7) is 2.11. The summed E-state index contributed by atoms with van der Waals surface area (Å²) >= 11 is 7.45. The summed E-state index contributed by atoms with van der Waals surface area (Å²) in [6.07, 6.45) is 0. The maximum Gasteiger partial charge on any atom is 0.238 e. The molecule has 25 heavy (non-hydrogen) atoms. The second-order valence-electron chi connectivity index (χ2n) is 5.78. The molecule has 2 aromatic carbocycles. The van der Waals surface area contributed by atoms with E-state index in [0.29, 0.717) is 5.02 Å². The molecule has 0 aliphatic carbocycles. The lowest BCUT2D eigenvalue weighted by molar-refractivity contribution is -0.117. The van der Waals surface area contributed by atoms with Gasteiger partial charge in [0, 0.05) is 5.02 Å². The molecule has 1 amide bonds. The number of carbonyl (C=O) groups is 1. The van der Waals surface area contributed by atoms with Crippen molar-refractivity contribution in [1.29, 1.82) is 0 Å². The van der Waals surface area contributed by atoms with Crippen molar-refractivity contribution in [3.05, 3.63) is 58.3 Å². The average molecular weight is 378 g/mol. The number of halogens is 2. The van der Waals surface area contributed by atoms with Gasteiger partial charge >= 0.3 is 0 Å². The monoisotopic (exact) mass is 377 g/mol. The number of fused-ring (bicyclic) bond motifs is 1. The molecule has 1 N–H and O–H groups in total. The van der Waals surface area contributed by atoms with Crippen molar-refractivity contribution >= 4 is 44.7 Å². The van der Waals surface area contributed by atoms with Crippen LogP contribution in [-0.4, -0.2) is 29.4 Å². The molecule has 0 spiro atoms. The van der Waals surface area contributed by atoms with Gasteiger partial charge in [0.15, 0.2) is 0 Å². The average Bonchev–Trinajstić information content (AvgIpc) is 3.01. The van der Waals surface area contributed by atoms with Crippen LogP contribution in [0.1, 0.15) is 18.0 Å². The van der Waals surface area contributed by atoms with Gasteiger partial charge in [0.25, 0.3) is 0 Å². The van der Waals surface area contributed by atoms with Gasteiger partial charge in [0.1, 0.15) is 10.8 Å². The van der Waals surface area contributed by atoms with Crippen LogP contribution in [0, 0.1) is 5.82 Å². The van der Waals surface area contributed by atoms with E-state index in [1.807, 2.05) is 43.1 Å². The van der Waals surface area contributed by atoms with E-state index >= 15 is 0 Å². The maximum atomic E-state index is 13.7. The zero-order chi connectivity index (χ0) is 18.0. The van der Waals surface area contributed by atoms with Crippen molar-refractivity contribution in [2.24, 2.45) is 0 Å². The Morgan fingerprint density at radius 1 is 1.36 bits per heavy atom. The minimum atomic E-state index is -0.514. The number of carbonyl (C=O) groups excluding carboxylic acids is 1. The smallest absolute Gasteiger partial charge is 0.238 e. The number of hydrogen-bond donors (Lipinski definition) is 1. The summed E-state index contributed by atoms with van der Waals surface area (Å²) < 4.78 is 14.8. The third-order valence-corrected chi connectivity index (χ3v) is 5.37. The number of para-hydroxylation sites is 1. The molecule has 0 aliphatic rings. The molecule has 4 nitrogen and oxygen atoms in total. The fraction of sp³-hybridized carbons (Fsp3) is 0.222. The molecule has 0 unspecified atom stereocenters. The molecule has 0 bridgehead atoms. The molecule has 0 saturated carbocycles. The lowest BCUT2D eigenvalue weighted by Gasteiger charge is -2.22. The van der Waals surface area contributed by atoms with Gasteiger partial charge in [-0.1, -0.05) is 23.7 Å². The van der Waals surface area contributed by atoms with Crippen LogP contribution in [0.5, 0.6) is 0 Å². The van der Waals surface area contributed by atoms with Gasteiger partial charge < -0.3 is 5.32 Å². The molecule has 0 radical (unpaired) electrons. The van der Waals surface area contributed by atoms with Crippen LogP contribution in [0.2, 0.25) is 5.02 Å². The largest absolute Gasteiger partial charge is 0.322 e. The van der Waals surface area contributed by atoms with Crippen LogP contribution in [0.3, 0.4) is 0 Å². The number of hydrogen-bond acceptors (Lipinski definition) is 4. The van der Waals surface area contributed by atoms with E-state index in [1.165, 1.54) is 18.2 Å². The summed E-state index contributed by atoms with van der Waals surface area (Å²) in [7, 11) is 1.84. The minimum Gasteiger partial charge on any atom is -0.322 e. The highest BCUT2D eigenvalue weighted by Crippen LogP contribution is 2.28. The van der Waals surface area contributed by atoms with Gasteiger partial charge in [-0.05, 0) is 44.3 Å². The molecule has 3 rings (SSSR count). The number of anilines is 1. The van der Waals surface area contributed by atoms with Crippen LogP contribution in [-0.2, 0) is 4.79 Å². The normalized spacial score (nSPS) is 12.5. The van der Waals surface area contributed by atoms with Crippen LogP contribution in [0.4, 0.5) is 10.1 Å². The molecule has 1 aromatic heterocycles. The van der Waals surface area contributed by atoms with E-state index in [2.05, 4.69) is 10.3 Å². The minimum absolute atomic E-state index is 0.0349. The number of thiazole rings is 1. The Kier molecular flexibility index (Phi) is 5.32. The molecule has 3 aromatic rings. The number of rotatable bonds is 5. The van der Waals surface area contributed by atoms with Crippen LogP contribution >= 0.6 is 22.9 Å². The molecular weight excluding hydrogens is 361 g/mol. The Hall–Kier alpha value is -2.02. The SMILES string of the molecule is C[C@@H](c1nc2ccccc2s1)N(C)CC(=O)Nc1cc(Cl)ccc1F. The summed E-state index contributed by atoms with van der Waals surface area (Å²) in [5.41, 5.74) is 1.03. The van der Waals surface area contributed by atoms with Gasteiger partial charge in [-0.3, -0.25) is 9.69 Å². The Labute approximate surface area is 154 Å². The second-order valence-corrected chi connectivity index (χ2v) is 7.28. The lowest BCUT2D eigenvalue weighted by Crippen LogP contribution is -2.32. The maximum absolute atomic E-state index is 13.7. The fourth-order valence-electron chi connectivity index (χ4n) is 2.40. The zero-order valence-electron chi connectivity index (χ0n) is 13.8. The summed E-state index contributed by atoms with van der Waals surface area (Å²) in [5.74, 6) is -0.823. The van der Waals surface area contributed by atoms with Gasteiger partial charge in [-0.15, -0.1) is 11.3 Å². The Morgan fingerprint density at radius 2 is 2.12 bits per heavy atom. The number of nitrogens with one attached hydrogen (secondary N) is 1. The van der Waals surface area contributed by atoms with Gasteiger partial charge in [-0.25, -0.2) is 9.37 Å². The number of benzene rings is 2. The van der Waals surface area contributed by atoms with Crippen molar-refractivity contribution < 1.29 is 9.18 Å². The van der Waals surface area contributed by atoms with Crippen molar-refractivity contribution in [2.45, 2.75) is 13.0 Å². The Balaban J connectivity index is 1.67. The second kappa shape index (κ2) is 7.47. The summed E-state index contributed by atoms with van der Waals surface area (Å²) in [5, 5.41) is 3.86. The zero-order valence-corrected chi connectivity index (χ0v) is 15.4. The Bertz CT molecular complexity index is 881. The van der Waals surface area contributed by atoms with Crippen LogP contribution < -0.4 is 5.32 Å². The Morgan fingerprint density at radius 3 is 2.88 bits per heavy atom. The van der Waals surface area contributed by atoms with Gasteiger partial charge in [0.2, 0.25) is 5.91 Å². The first kappa shape index (κ1) is 17.8.